The van der Waals surface area contributed by atoms with Gasteiger partial charge in [-0.05, 0) is 50.6 Å². The number of amides is 1. The Labute approximate surface area is 187 Å². The minimum absolute atomic E-state index is 0.0341. The van der Waals surface area contributed by atoms with Crippen LogP contribution in [0.1, 0.15) is 42.8 Å². The second kappa shape index (κ2) is 9.32. The molecule has 4 N–H and O–H groups in total. The van der Waals surface area contributed by atoms with Crippen molar-refractivity contribution >= 4 is 5.91 Å². The zero-order chi connectivity index (χ0) is 23.6. The average Bonchev–Trinajstić information content (AvgIpc) is 3.45. The predicted molar refractivity (Wildman–Crippen MR) is 112 cm³/mol. The molecule has 1 aliphatic rings. The number of nitrogens with zero attached hydrogens (tertiary/aromatic N) is 4. The molecule has 1 amide bonds. The van der Waals surface area contributed by atoms with Crippen molar-refractivity contribution in [3.8, 4) is 17.3 Å². The summed E-state index contributed by atoms with van der Waals surface area (Å²) in [5.74, 6) is 0.0843. The summed E-state index contributed by atoms with van der Waals surface area (Å²) in [5, 5.41) is 17.8. The highest BCUT2D eigenvalue weighted by Gasteiger charge is 2.36. The Hall–Kier alpha value is -3.25. The van der Waals surface area contributed by atoms with Gasteiger partial charge in [0.1, 0.15) is 5.69 Å². The number of benzene rings is 1. The Balaban J connectivity index is 1.67. The summed E-state index contributed by atoms with van der Waals surface area (Å²) in [4.78, 5) is 11.7. The fourth-order valence-corrected chi connectivity index (χ4v) is 3.59. The number of aromatic nitrogens is 4. The molecule has 1 saturated heterocycles. The summed E-state index contributed by atoms with van der Waals surface area (Å²) < 4.78 is 47.3. The van der Waals surface area contributed by atoms with E-state index in [9.17, 15) is 18.0 Å². The third kappa shape index (κ3) is 5.22. The van der Waals surface area contributed by atoms with Crippen molar-refractivity contribution in [2.45, 2.75) is 44.4 Å². The quantitative estimate of drug-likeness (QED) is 0.513. The summed E-state index contributed by atoms with van der Waals surface area (Å²) >= 11 is 0. The lowest BCUT2D eigenvalue weighted by atomic mass is 9.98. The normalized spacial score (nSPS) is 16.0. The van der Waals surface area contributed by atoms with E-state index in [1.807, 2.05) is 0 Å². The van der Waals surface area contributed by atoms with Gasteiger partial charge >= 0.3 is 6.18 Å². The van der Waals surface area contributed by atoms with Gasteiger partial charge in [-0.25, -0.2) is 4.68 Å². The van der Waals surface area contributed by atoms with Crippen LogP contribution in [0.2, 0.25) is 0 Å². The molecule has 0 saturated carbocycles. The molecule has 9 nitrogen and oxygen atoms in total. The molecule has 4 rings (SSSR count). The van der Waals surface area contributed by atoms with E-state index in [0.29, 0.717) is 17.1 Å². The van der Waals surface area contributed by atoms with Gasteiger partial charge in [0.2, 0.25) is 11.8 Å². The van der Waals surface area contributed by atoms with E-state index in [0.717, 1.165) is 36.7 Å². The summed E-state index contributed by atoms with van der Waals surface area (Å²) in [6, 6.07) is 6.85. The molecular weight excluding hydrogens is 439 g/mol. The highest BCUT2D eigenvalue weighted by molar-refractivity contribution is 5.80. The molecule has 1 fully saturated rings. The average molecular weight is 463 g/mol. The third-order valence-electron chi connectivity index (χ3n) is 5.38. The summed E-state index contributed by atoms with van der Waals surface area (Å²) in [6.07, 6.45) is -3.03. The lowest BCUT2D eigenvalue weighted by Gasteiger charge is -2.18. The molecule has 3 heterocycles. The smallest absolute Gasteiger partial charge is 0.419 e. The molecule has 12 heteroatoms. The Morgan fingerprint density at radius 3 is 2.76 bits per heavy atom. The van der Waals surface area contributed by atoms with Crippen molar-refractivity contribution in [2.75, 3.05) is 13.1 Å². The van der Waals surface area contributed by atoms with Crippen LogP contribution < -0.4 is 16.4 Å². The second-order valence-corrected chi connectivity index (χ2v) is 7.97. The Kier molecular flexibility index (Phi) is 6.47. The SMILES string of the molecule is C[C@H](N)C(=O)NCc1cccc(-n2nc(C(F)(F)F)cc2-c2nnc(C3CCNCC3)o2)c1. The topological polar surface area (TPSA) is 124 Å². The number of hydrogen-bond donors (Lipinski definition) is 3. The van der Waals surface area contributed by atoms with Crippen LogP contribution in [-0.4, -0.2) is 45.0 Å². The van der Waals surface area contributed by atoms with Crippen LogP contribution in [0.5, 0.6) is 0 Å². The molecule has 0 radical (unpaired) electrons. The van der Waals surface area contributed by atoms with Gasteiger partial charge in [-0.1, -0.05) is 12.1 Å². The number of rotatable bonds is 6. The van der Waals surface area contributed by atoms with Crippen LogP contribution in [0.25, 0.3) is 17.3 Å². The van der Waals surface area contributed by atoms with Gasteiger partial charge in [0, 0.05) is 18.5 Å². The Bertz CT molecular complexity index is 1120. The molecule has 0 spiro atoms. The van der Waals surface area contributed by atoms with Crippen LogP contribution in [0.3, 0.4) is 0 Å². The summed E-state index contributed by atoms with van der Waals surface area (Å²) in [5.41, 5.74) is 5.53. The van der Waals surface area contributed by atoms with Gasteiger partial charge in [0.25, 0.3) is 5.89 Å². The number of halogens is 3. The van der Waals surface area contributed by atoms with Gasteiger partial charge < -0.3 is 20.8 Å². The lowest BCUT2D eigenvalue weighted by molar-refractivity contribution is -0.141. The van der Waals surface area contributed by atoms with E-state index < -0.39 is 17.9 Å². The van der Waals surface area contributed by atoms with Gasteiger partial charge in [-0.3, -0.25) is 4.79 Å². The van der Waals surface area contributed by atoms with Gasteiger partial charge in [-0.15, -0.1) is 10.2 Å². The molecule has 1 aliphatic heterocycles. The van der Waals surface area contributed by atoms with Crippen LogP contribution in [0.15, 0.2) is 34.7 Å². The molecular formula is C21H24F3N7O2. The predicted octanol–water partition coefficient (Wildman–Crippen LogP) is 2.37. The first kappa shape index (κ1) is 22.9. The Morgan fingerprint density at radius 2 is 2.06 bits per heavy atom. The fraction of sp³-hybridized carbons (Fsp3) is 0.429. The first-order valence-electron chi connectivity index (χ1n) is 10.6. The van der Waals surface area contributed by atoms with Crippen LogP contribution >= 0.6 is 0 Å². The van der Waals surface area contributed by atoms with E-state index >= 15 is 0 Å². The van der Waals surface area contributed by atoms with E-state index in [1.165, 1.54) is 0 Å². The lowest BCUT2D eigenvalue weighted by Crippen LogP contribution is -2.37. The number of hydrogen-bond acceptors (Lipinski definition) is 7. The number of carbonyl (C=O) groups excluding carboxylic acids is 1. The summed E-state index contributed by atoms with van der Waals surface area (Å²) in [6.45, 7) is 3.34. The van der Waals surface area contributed by atoms with Gasteiger partial charge in [-0.2, -0.15) is 18.3 Å². The minimum Gasteiger partial charge on any atom is -0.419 e. The van der Waals surface area contributed by atoms with Crippen molar-refractivity contribution in [1.82, 2.24) is 30.6 Å². The minimum atomic E-state index is -4.65. The zero-order valence-electron chi connectivity index (χ0n) is 17.9. The number of carbonyl (C=O) groups is 1. The first-order valence-corrected chi connectivity index (χ1v) is 10.6. The molecule has 176 valence electrons. The van der Waals surface area contributed by atoms with E-state index in [4.69, 9.17) is 10.2 Å². The highest BCUT2D eigenvalue weighted by Crippen LogP contribution is 2.34. The maximum atomic E-state index is 13.5. The number of nitrogens with two attached hydrogens (primary N) is 1. The number of alkyl halides is 3. The monoisotopic (exact) mass is 463 g/mol. The molecule has 3 aromatic rings. The zero-order valence-corrected chi connectivity index (χ0v) is 17.9. The molecule has 1 atom stereocenters. The van der Waals surface area contributed by atoms with E-state index in [-0.39, 0.29) is 30.0 Å². The second-order valence-electron chi connectivity index (χ2n) is 7.97. The summed E-state index contributed by atoms with van der Waals surface area (Å²) in [7, 11) is 0. The van der Waals surface area contributed by atoms with E-state index in [1.54, 1.807) is 31.2 Å². The maximum absolute atomic E-state index is 13.5. The van der Waals surface area contributed by atoms with Gasteiger partial charge in [0.05, 0.1) is 11.7 Å². The largest absolute Gasteiger partial charge is 0.435 e. The van der Waals surface area contributed by atoms with Crippen LogP contribution in [-0.2, 0) is 17.5 Å². The van der Waals surface area contributed by atoms with Crippen molar-refractivity contribution in [2.24, 2.45) is 5.73 Å². The fourth-order valence-electron chi connectivity index (χ4n) is 3.59. The molecule has 0 aliphatic carbocycles. The van der Waals surface area contributed by atoms with Crippen LogP contribution in [0, 0.1) is 0 Å². The number of nitrogens with one attached hydrogen (secondary N) is 2. The molecule has 33 heavy (non-hydrogen) atoms. The van der Waals surface area contributed by atoms with Crippen molar-refractivity contribution in [3.05, 3.63) is 47.5 Å². The molecule has 1 aromatic carbocycles. The molecule has 2 aromatic heterocycles. The van der Waals surface area contributed by atoms with Crippen molar-refractivity contribution in [1.29, 1.82) is 0 Å². The Morgan fingerprint density at radius 1 is 1.30 bits per heavy atom. The van der Waals surface area contributed by atoms with Crippen molar-refractivity contribution in [3.63, 3.8) is 0 Å². The van der Waals surface area contributed by atoms with E-state index in [2.05, 4.69) is 25.9 Å². The standard InChI is InChI=1S/C21H24F3N7O2/c1-12(25)18(32)27-11-13-3-2-4-15(9-13)31-16(10-17(30-31)21(22,23)24)20-29-28-19(33-20)14-5-7-26-8-6-14/h2-4,9-10,12,14,26H,5-8,11,25H2,1H3,(H,27,32)/t12-/m0/s1. The van der Waals surface area contributed by atoms with Crippen LogP contribution in [0.4, 0.5) is 13.2 Å². The number of piperidine rings is 1. The van der Waals surface area contributed by atoms with Crippen molar-refractivity contribution < 1.29 is 22.4 Å². The van der Waals surface area contributed by atoms with Gasteiger partial charge in [0.15, 0.2) is 5.69 Å². The maximum Gasteiger partial charge on any atom is 0.435 e. The third-order valence-corrected chi connectivity index (χ3v) is 5.38. The molecule has 0 bridgehead atoms. The molecule has 0 unspecified atom stereocenters. The first-order chi connectivity index (χ1) is 15.7. The highest BCUT2D eigenvalue weighted by atomic mass is 19.4.